The molecule has 1 aromatic rings. The molecule has 1 saturated heterocycles. The Hall–Kier alpha value is -1.06. The molecule has 0 unspecified atom stereocenters. The van der Waals surface area contributed by atoms with Crippen LogP contribution in [-0.2, 0) is 6.54 Å². The summed E-state index contributed by atoms with van der Waals surface area (Å²) in [5.74, 6) is 0. The summed E-state index contributed by atoms with van der Waals surface area (Å²) < 4.78 is 0. The lowest BCUT2D eigenvalue weighted by Gasteiger charge is -2.32. The van der Waals surface area contributed by atoms with Crippen LogP contribution in [0.2, 0.25) is 0 Å². The minimum absolute atomic E-state index is 1.05. The van der Waals surface area contributed by atoms with Crippen LogP contribution >= 0.6 is 0 Å². The first-order valence-electron chi connectivity index (χ1n) is 7.01. The van der Waals surface area contributed by atoms with Crippen molar-refractivity contribution in [2.24, 2.45) is 0 Å². The third-order valence-corrected chi connectivity index (χ3v) is 3.54. The fourth-order valence-corrected chi connectivity index (χ4v) is 2.26. The smallest absolute Gasteiger partial charge is 0.0340 e. The quantitative estimate of drug-likeness (QED) is 0.861. The number of benzene rings is 1. The number of hydrogen-bond acceptors (Lipinski definition) is 3. The second-order valence-corrected chi connectivity index (χ2v) is 5.20. The molecule has 2 rings (SSSR count). The van der Waals surface area contributed by atoms with Gasteiger partial charge < -0.3 is 10.2 Å². The molecule has 0 atom stereocenters. The predicted molar refractivity (Wildman–Crippen MR) is 78.0 cm³/mol. The van der Waals surface area contributed by atoms with Crippen LogP contribution in [0.4, 0.5) is 5.69 Å². The molecule has 0 saturated carbocycles. The Morgan fingerprint density at radius 1 is 1.06 bits per heavy atom. The van der Waals surface area contributed by atoms with Crippen LogP contribution in [0, 0.1) is 0 Å². The topological polar surface area (TPSA) is 18.5 Å². The van der Waals surface area contributed by atoms with Gasteiger partial charge in [0.25, 0.3) is 0 Å². The summed E-state index contributed by atoms with van der Waals surface area (Å²) in [5, 5.41) is 3.41. The second kappa shape index (κ2) is 6.76. The van der Waals surface area contributed by atoms with E-state index in [1.54, 1.807) is 0 Å². The van der Waals surface area contributed by atoms with Crippen LogP contribution in [-0.4, -0.2) is 49.6 Å². The van der Waals surface area contributed by atoms with E-state index < -0.39 is 0 Å². The molecule has 1 aliphatic heterocycles. The van der Waals surface area contributed by atoms with Gasteiger partial charge in [0.15, 0.2) is 0 Å². The Bertz CT molecular complexity index is 339. The van der Waals surface area contributed by atoms with E-state index in [1.165, 1.54) is 43.9 Å². The molecule has 0 amide bonds. The van der Waals surface area contributed by atoms with E-state index in [9.17, 15) is 0 Å². The predicted octanol–water partition coefficient (Wildman–Crippen LogP) is 2.26. The molecular weight excluding hydrogens is 222 g/mol. The molecule has 0 aliphatic carbocycles. The Morgan fingerprint density at radius 3 is 2.33 bits per heavy atom. The zero-order valence-corrected chi connectivity index (χ0v) is 11.7. The lowest BCUT2D eigenvalue weighted by Crippen LogP contribution is -2.43. The van der Waals surface area contributed by atoms with E-state index in [1.807, 2.05) is 0 Å². The van der Waals surface area contributed by atoms with Gasteiger partial charge in [-0.2, -0.15) is 0 Å². The van der Waals surface area contributed by atoms with Crippen molar-refractivity contribution in [3.8, 4) is 0 Å². The Balaban J connectivity index is 1.82. The van der Waals surface area contributed by atoms with Crippen LogP contribution < -0.4 is 5.32 Å². The molecule has 1 aromatic carbocycles. The van der Waals surface area contributed by atoms with Crippen LogP contribution in [0.1, 0.15) is 18.9 Å². The second-order valence-electron chi connectivity index (χ2n) is 5.20. The van der Waals surface area contributed by atoms with E-state index in [4.69, 9.17) is 0 Å². The highest BCUT2D eigenvalue weighted by Crippen LogP contribution is 2.12. The summed E-state index contributed by atoms with van der Waals surface area (Å²) in [5.41, 5.74) is 2.65. The van der Waals surface area contributed by atoms with Crippen molar-refractivity contribution in [1.29, 1.82) is 0 Å². The van der Waals surface area contributed by atoms with Crippen LogP contribution in [0.15, 0.2) is 24.3 Å². The molecule has 1 N–H and O–H groups in total. The van der Waals surface area contributed by atoms with Gasteiger partial charge in [-0.25, -0.2) is 0 Å². The number of rotatable bonds is 5. The van der Waals surface area contributed by atoms with Gasteiger partial charge in [-0.1, -0.05) is 19.1 Å². The molecule has 0 bridgehead atoms. The first kappa shape index (κ1) is 13.4. The highest BCUT2D eigenvalue weighted by atomic mass is 15.2. The number of piperazine rings is 1. The van der Waals surface area contributed by atoms with Crippen molar-refractivity contribution in [2.75, 3.05) is 45.1 Å². The van der Waals surface area contributed by atoms with Crippen molar-refractivity contribution in [1.82, 2.24) is 9.80 Å². The zero-order chi connectivity index (χ0) is 12.8. The Kier molecular flexibility index (Phi) is 5.02. The molecule has 3 nitrogen and oxygen atoms in total. The standard InChI is InChI=1S/C15H25N3/c1-3-8-16-15-6-4-14(5-7-15)13-18-11-9-17(2)10-12-18/h4-7,16H,3,8-13H2,1-2H3. The number of likely N-dealkylation sites (N-methyl/N-ethyl adjacent to an activating group) is 1. The van der Waals surface area contributed by atoms with E-state index in [-0.39, 0.29) is 0 Å². The van der Waals surface area contributed by atoms with Crippen molar-refractivity contribution in [2.45, 2.75) is 19.9 Å². The summed E-state index contributed by atoms with van der Waals surface area (Å²) >= 11 is 0. The van der Waals surface area contributed by atoms with Gasteiger partial charge in [-0.3, -0.25) is 4.90 Å². The van der Waals surface area contributed by atoms with Gasteiger partial charge in [0.2, 0.25) is 0 Å². The minimum atomic E-state index is 1.05. The molecule has 18 heavy (non-hydrogen) atoms. The third-order valence-electron chi connectivity index (χ3n) is 3.54. The van der Waals surface area contributed by atoms with E-state index in [0.717, 1.165) is 13.1 Å². The van der Waals surface area contributed by atoms with Crippen molar-refractivity contribution >= 4 is 5.69 Å². The highest BCUT2D eigenvalue weighted by Gasteiger charge is 2.13. The third kappa shape index (κ3) is 4.00. The lowest BCUT2D eigenvalue weighted by atomic mass is 10.2. The van der Waals surface area contributed by atoms with Crippen molar-refractivity contribution in [3.05, 3.63) is 29.8 Å². The first-order chi connectivity index (χ1) is 8.78. The largest absolute Gasteiger partial charge is 0.385 e. The summed E-state index contributed by atoms with van der Waals surface area (Å²) in [7, 11) is 2.20. The SMILES string of the molecule is CCCNc1ccc(CN2CCN(C)CC2)cc1. The van der Waals surface area contributed by atoms with Crippen LogP contribution in [0.5, 0.6) is 0 Å². The molecule has 0 radical (unpaired) electrons. The fraction of sp³-hybridized carbons (Fsp3) is 0.600. The summed E-state index contributed by atoms with van der Waals surface area (Å²) in [6.45, 7) is 9.08. The Morgan fingerprint density at radius 2 is 1.72 bits per heavy atom. The van der Waals surface area contributed by atoms with Gasteiger partial charge in [0, 0.05) is 45.0 Å². The zero-order valence-electron chi connectivity index (χ0n) is 11.7. The maximum Gasteiger partial charge on any atom is 0.0340 e. The molecule has 1 aliphatic rings. The fourth-order valence-electron chi connectivity index (χ4n) is 2.26. The molecular formula is C15H25N3. The van der Waals surface area contributed by atoms with Gasteiger partial charge in [0.1, 0.15) is 0 Å². The maximum absolute atomic E-state index is 3.41. The lowest BCUT2D eigenvalue weighted by molar-refractivity contribution is 0.148. The minimum Gasteiger partial charge on any atom is -0.385 e. The van der Waals surface area contributed by atoms with Crippen molar-refractivity contribution < 1.29 is 0 Å². The van der Waals surface area contributed by atoms with Crippen molar-refractivity contribution in [3.63, 3.8) is 0 Å². The number of nitrogens with zero attached hydrogens (tertiary/aromatic N) is 2. The van der Waals surface area contributed by atoms with Gasteiger partial charge in [-0.05, 0) is 31.2 Å². The highest BCUT2D eigenvalue weighted by molar-refractivity contribution is 5.44. The monoisotopic (exact) mass is 247 g/mol. The molecule has 3 heteroatoms. The summed E-state index contributed by atoms with van der Waals surface area (Å²) in [6.07, 6.45) is 1.17. The van der Waals surface area contributed by atoms with E-state index in [0.29, 0.717) is 0 Å². The normalized spacial score (nSPS) is 17.9. The first-order valence-corrected chi connectivity index (χ1v) is 7.01. The Labute approximate surface area is 111 Å². The van der Waals surface area contributed by atoms with Gasteiger partial charge in [-0.15, -0.1) is 0 Å². The number of anilines is 1. The molecule has 100 valence electrons. The maximum atomic E-state index is 3.41. The molecule has 1 heterocycles. The van der Waals surface area contributed by atoms with Crippen LogP contribution in [0.3, 0.4) is 0 Å². The summed E-state index contributed by atoms with van der Waals surface area (Å²) in [4.78, 5) is 4.93. The average Bonchev–Trinajstić information content (AvgIpc) is 2.41. The van der Waals surface area contributed by atoms with Crippen LogP contribution in [0.25, 0.3) is 0 Å². The van der Waals surface area contributed by atoms with E-state index in [2.05, 4.69) is 53.4 Å². The van der Waals surface area contributed by atoms with E-state index >= 15 is 0 Å². The van der Waals surface area contributed by atoms with Gasteiger partial charge in [0.05, 0.1) is 0 Å². The molecule has 0 spiro atoms. The number of nitrogens with one attached hydrogen (secondary N) is 1. The van der Waals surface area contributed by atoms with Gasteiger partial charge >= 0.3 is 0 Å². The molecule has 1 fully saturated rings. The number of hydrogen-bond donors (Lipinski definition) is 1. The molecule has 0 aromatic heterocycles. The average molecular weight is 247 g/mol. The summed E-state index contributed by atoms with van der Waals surface area (Å²) in [6, 6.07) is 8.88.